The number of benzene rings is 1. The van der Waals surface area contributed by atoms with Crippen LogP contribution in [0, 0.1) is 23.7 Å². The van der Waals surface area contributed by atoms with Crippen molar-refractivity contribution in [2.75, 3.05) is 10.6 Å². The molecule has 96 valence electrons. The second-order valence-electron chi connectivity index (χ2n) is 5.57. The van der Waals surface area contributed by atoms with Gasteiger partial charge in [-0.25, -0.2) is 4.90 Å². The molecule has 1 aromatic rings. The molecule has 0 aromatic heterocycles. The predicted octanol–water partition coefficient (Wildman–Crippen LogP) is 1.58. The van der Waals surface area contributed by atoms with Gasteiger partial charge < -0.3 is 5.73 Å². The Balaban J connectivity index is 1.79. The Morgan fingerprint density at radius 1 is 1.00 bits per heavy atom. The number of imide groups is 1. The predicted molar refractivity (Wildman–Crippen MR) is 71.1 cm³/mol. The summed E-state index contributed by atoms with van der Waals surface area (Å²) in [5, 5.41) is 0. The van der Waals surface area contributed by atoms with E-state index in [0.29, 0.717) is 11.4 Å². The van der Waals surface area contributed by atoms with E-state index in [1.54, 1.807) is 24.3 Å². The standard InChI is InChI=1S/C15H14N2O2/c16-10-3-1-2-4-11(10)17-14(18)12-8-5-6-9(7-8)13(12)15(17)19/h1-6,8-9,12-13H,7,16H2. The van der Waals surface area contributed by atoms with E-state index in [4.69, 9.17) is 5.73 Å². The van der Waals surface area contributed by atoms with Gasteiger partial charge in [0.2, 0.25) is 11.8 Å². The van der Waals surface area contributed by atoms with Gasteiger partial charge in [0.15, 0.2) is 0 Å². The first-order valence-electron chi connectivity index (χ1n) is 6.59. The van der Waals surface area contributed by atoms with Crippen molar-refractivity contribution in [2.24, 2.45) is 23.7 Å². The van der Waals surface area contributed by atoms with Gasteiger partial charge in [-0.1, -0.05) is 24.3 Å². The van der Waals surface area contributed by atoms with E-state index in [-0.39, 0.29) is 35.5 Å². The van der Waals surface area contributed by atoms with Crippen LogP contribution < -0.4 is 10.6 Å². The van der Waals surface area contributed by atoms with Crippen LogP contribution in [0.1, 0.15) is 6.42 Å². The second kappa shape index (κ2) is 3.47. The molecule has 4 atom stereocenters. The lowest BCUT2D eigenvalue weighted by atomic mass is 9.85. The van der Waals surface area contributed by atoms with E-state index in [1.165, 1.54) is 4.90 Å². The molecule has 2 aliphatic carbocycles. The van der Waals surface area contributed by atoms with Gasteiger partial charge in [-0.15, -0.1) is 0 Å². The smallest absolute Gasteiger partial charge is 0.238 e. The number of hydrogen-bond acceptors (Lipinski definition) is 3. The molecule has 2 bridgehead atoms. The minimum atomic E-state index is -0.165. The summed E-state index contributed by atoms with van der Waals surface area (Å²) < 4.78 is 0. The Bertz CT molecular complexity index is 592. The number of rotatable bonds is 1. The summed E-state index contributed by atoms with van der Waals surface area (Å²) in [6, 6.07) is 7.06. The van der Waals surface area contributed by atoms with E-state index in [0.717, 1.165) is 6.42 Å². The fourth-order valence-corrected chi connectivity index (χ4v) is 3.83. The molecule has 1 aromatic carbocycles. The van der Waals surface area contributed by atoms with E-state index in [2.05, 4.69) is 12.2 Å². The summed E-state index contributed by atoms with van der Waals surface area (Å²) in [6.07, 6.45) is 5.13. The maximum Gasteiger partial charge on any atom is 0.238 e. The van der Waals surface area contributed by atoms with Crippen LogP contribution in [0.2, 0.25) is 0 Å². The van der Waals surface area contributed by atoms with E-state index in [1.807, 2.05) is 0 Å². The Hall–Kier alpha value is -2.10. The number of fused-ring (bicyclic) bond motifs is 5. The van der Waals surface area contributed by atoms with Gasteiger partial charge in [0.25, 0.3) is 0 Å². The fourth-order valence-electron chi connectivity index (χ4n) is 3.83. The fraction of sp³-hybridized carbons (Fsp3) is 0.333. The normalized spacial score (nSPS) is 35.3. The molecular weight excluding hydrogens is 240 g/mol. The van der Waals surface area contributed by atoms with Gasteiger partial charge in [0.1, 0.15) is 0 Å². The molecule has 2 N–H and O–H groups in total. The molecule has 0 spiro atoms. The molecule has 1 saturated heterocycles. The molecular formula is C15H14N2O2. The average molecular weight is 254 g/mol. The number of nitrogen functional groups attached to an aromatic ring is 1. The first kappa shape index (κ1) is 10.8. The molecule has 1 heterocycles. The lowest BCUT2D eigenvalue weighted by Crippen LogP contribution is -2.33. The van der Waals surface area contributed by atoms with E-state index < -0.39 is 0 Å². The monoisotopic (exact) mass is 254 g/mol. The zero-order valence-electron chi connectivity index (χ0n) is 10.3. The topological polar surface area (TPSA) is 63.4 Å². The summed E-state index contributed by atoms with van der Waals surface area (Å²) in [4.78, 5) is 26.4. The molecule has 19 heavy (non-hydrogen) atoms. The van der Waals surface area contributed by atoms with Gasteiger partial charge in [-0.3, -0.25) is 9.59 Å². The lowest BCUT2D eigenvalue weighted by Gasteiger charge is -2.18. The minimum Gasteiger partial charge on any atom is -0.397 e. The van der Waals surface area contributed by atoms with Crippen molar-refractivity contribution in [3.05, 3.63) is 36.4 Å². The molecule has 3 aliphatic rings. The second-order valence-corrected chi connectivity index (χ2v) is 5.57. The van der Waals surface area contributed by atoms with Crippen molar-refractivity contribution in [3.63, 3.8) is 0 Å². The Morgan fingerprint density at radius 3 is 2.16 bits per heavy atom. The van der Waals surface area contributed by atoms with Crippen molar-refractivity contribution in [1.29, 1.82) is 0 Å². The average Bonchev–Trinajstić information content (AvgIpc) is 3.06. The zero-order valence-corrected chi connectivity index (χ0v) is 10.3. The van der Waals surface area contributed by atoms with Crippen molar-refractivity contribution < 1.29 is 9.59 Å². The summed E-state index contributed by atoms with van der Waals surface area (Å²) in [5.74, 6) is -0.0125. The number of anilines is 2. The van der Waals surface area contributed by atoms with E-state index >= 15 is 0 Å². The number of nitrogens with two attached hydrogens (primary N) is 1. The molecule has 1 aliphatic heterocycles. The SMILES string of the molecule is Nc1ccccc1N1C(=O)C2C3C=CC(C3)C2C1=O. The van der Waals surface area contributed by atoms with E-state index in [9.17, 15) is 9.59 Å². The molecule has 1 saturated carbocycles. The highest BCUT2D eigenvalue weighted by Crippen LogP contribution is 2.53. The van der Waals surface area contributed by atoms with Gasteiger partial charge in [-0.2, -0.15) is 0 Å². The van der Waals surface area contributed by atoms with Crippen LogP contribution in [-0.4, -0.2) is 11.8 Å². The number of carbonyl (C=O) groups excluding carboxylic acids is 2. The Labute approximate surface area is 110 Å². The van der Waals surface area contributed by atoms with Crippen LogP contribution in [0.5, 0.6) is 0 Å². The van der Waals surface area contributed by atoms with Crippen LogP contribution >= 0.6 is 0 Å². The number of nitrogens with zero attached hydrogens (tertiary/aromatic N) is 1. The molecule has 4 unspecified atom stereocenters. The van der Waals surface area contributed by atoms with Gasteiger partial charge >= 0.3 is 0 Å². The molecule has 4 heteroatoms. The Morgan fingerprint density at radius 2 is 1.58 bits per heavy atom. The van der Waals surface area contributed by atoms with Crippen LogP contribution in [0.3, 0.4) is 0 Å². The molecule has 2 amide bonds. The lowest BCUT2D eigenvalue weighted by molar-refractivity contribution is -0.123. The number of amides is 2. The summed E-state index contributed by atoms with van der Waals surface area (Å²) in [6.45, 7) is 0. The Kier molecular flexibility index (Phi) is 1.97. The van der Waals surface area contributed by atoms with Crippen molar-refractivity contribution in [3.8, 4) is 0 Å². The summed E-state index contributed by atoms with van der Waals surface area (Å²) in [7, 11) is 0. The van der Waals surface area contributed by atoms with Gasteiger partial charge in [-0.05, 0) is 30.4 Å². The molecule has 0 radical (unpaired) electrons. The quantitative estimate of drug-likeness (QED) is 0.470. The maximum atomic E-state index is 12.6. The number of carbonyl (C=O) groups is 2. The third kappa shape index (κ3) is 1.23. The van der Waals surface area contributed by atoms with Crippen LogP contribution in [0.4, 0.5) is 11.4 Å². The van der Waals surface area contributed by atoms with Gasteiger partial charge in [0, 0.05) is 0 Å². The van der Waals surface area contributed by atoms with Crippen LogP contribution in [0.25, 0.3) is 0 Å². The number of allylic oxidation sites excluding steroid dienone is 2. The molecule has 2 fully saturated rings. The minimum absolute atomic E-state index is 0.0789. The van der Waals surface area contributed by atoms with Crippen molar-refractivity contribution >= 4 is 23.2 Å². The third-order valence-corrected chi connectivity index (χ3v) is 4.65. The van der Waals surface area contributed by atoms with Crippen LogP contribution in [0.15, 0.2) is 36.4 Å². The zero-order chi connectivity index (χ0) is 13.1. The number of hydrogen-bond donors (Lipinski definition) is 1. The van der Waals surface area contributed by atoms with Crippen LogP contribution in [-0.2, 0) is 9.59 Å². The number of para-hydroxylation sites is 2. The van der Waals surface area contributed by atoms with Gasteiger partial charge in [0.05, 0.1) is 23.2 Å². The first-order valence-corrected chi connectivity index (χ1v) is 6.59. The third-order valence-electron chi connectivity index (χ3n) is 4.65. The van der Waals surface area contributed by atoms with Crippen molar-refractivity contribution in [2.45, 2.75) is 6.42 Å². The molecule has 4 rings (SSSR count). The van der Waals surface area contributed by atoms with Crippen molar-refractivity contribution in [1.82, 2.24) is 0 Å². The highest BCUT2D eigenvalue weighted by molar-refractivity contribution is 6.23. The highest BCUT2D eigenvalue weighted by atomic mass is 16.2. The highest BCUT2D eigenvalue weighted by Gasteiger charge is 2.59. The molecule has 4 nitrogen and oxygen atoms in total. The summed E-state index contributed by atoms with van der Waals surface area (Å²) >= 11 is 0. The summed E-state index contributed by atoms with van der Waals surface area (Å²) in [5.41, 5.74) is 6.91. The first-order chi connectivity index (χ1) is 9.18. The maximum absolute atomic E-state index is 12.6. The largest absolute Gasteiger partial charge is 0.397 e.